The Balaban J connectivity index is 2.35. The molecule has 3 aromatic rings. The average molecular weight is 318 g/mol. The van der Waals surface area contributed by atoms with Crippen molar-refractivity contribution in [1.29, 1.82) is 0 Å². The van der Waals surface area contributed by atoms with Crippen LogP contribution in [0, 0.1) is 0 Å². The molecule has 6 heteroatoms. The van der Waals surface area contributed by atoms with Gasteiger partial charge in [0.1, 0.15) is 16.9 Å². The van der Waals surface area contributed by atoms with E-state index in [0.717, 1.165) is 0 Å². The maximum absolute atomic E-state index is 11.6. The molecule has 0 saturated heterocycles. The number of methoxy groups -OCH3 is 1. The summed E-state index contributed by atoms with van der Waals surface area (Å²) in [6.45, 7) is 3.03. The van der Waals surface area contributed by atoms with Crippen molar-refractivity contribution in [3.8, 4) is 5.75 Å². The fourth-order valence-electron chi connectivity index (χ4n) is 2.64. The van der Waals surface area contributed by atoms with E-state index >= 15 is 0 Å². The molecule has 0 aliphatic carbocycles. The summed E-state index contributed by atoms with van der Waals surface area (Å²) in [7, 11) is 1.53. The van der Waals surface area contributed by atoms with E-state index in [1.807, 2.05) is 0 Å². The second kappa shape index (κ2) is 5.40. The standard InChI is InChI=1S/C17H18O6/c1-17(2,20)12(18)8-11-15-10(6-7-22-15)14(21-3)9-4-5-13(19)23-16(9)11/h4-7,12,18,20H,8H2,1-3H3/t12-/m0/s1. The molecule has 0 amide bonds. The Hall–Kier alpha value is -2.31. The van der Waals surface area contributed by atoms with Gasteiger partial charge in [0.2, 0.25) is 0 Å². The van der Waals surface area contributed by atoms with Gasteiger partial charge in [-0.1, -0.05) is 0 Å². The average Bonchev–Trinajstić information content (AvgIpc) is 2.95. The fraction of sp³-hybridized carbons (Fsp3) is 0.353. The molecule has 122 valence electrons. The molecular formula is C17H18O6. The summed E-state index contributed by atoms with van der Waals surface area (Å²) in [4.78, 5) is 11.6. The lowest BCUT2D eigenvalue weighted by Gasteiger charge is -2.24. The predicted octanol–water partition coefficient (Wildman–Crippen LogP) is 2.22. The third-order valence-corrected chi connectivity index (χ3v) is 3.95. The summed E-state index contributed by atoms with van der Waals surface area (Å²) < 4.78 is 16.3. The zero-order chi connectivity index (χ0) is 16.8. The van der Waals surface area contributed by atoms with Crippen molar-refractivity contribution in [2.45, 2.75) is 32.0 Å². The van der Waals surface area contributed by atoms with E-state index in [1.54, 1.807) is 12.1 Å². The number of rotatable bonds is 4. The highest BCUT2D eigenvalue weighted by molar-refractivity contribution is 6.04. The van der Waals surface area contributed by atoms with Gasteiger partial charge in [0.05, 0.1) is 35.9 Å². The summed E-state index contributed by atoms with van der Waals surface area (Å²) in [5.41, 5.74) is -0.537. The minimum atomic E-state index is -1.31. The molecule has 2 heterocycles. The second-order valence-corrected chi connectivity index (χ2v) is 6.05. The number of aliphatic hydroxyl groups excluding tert-OH is 1. The molecule has 2 aromatic heterocycles. The third-order valence-electron chi connectivity index (χ3n) is 3.95. The summed E-state index contributed by atoms with van der Waals surface area (Å²) >= 11 is 0. The molecule has 0 bridgehead atoms. The maximum atomic E-state index is 11.6. The van der Waals surface area contributed by atoms with Crippen LogP contribution >= 0.6 is 0 Å². The van der Waals surface area contributed by atoms with Gasteiger partial charge >= 0.3 is 5.63 Å². The van der Waals surface area contributed by atoms with Crippen molar-refractivity contribution in [1.82, 2.24) is 0 Å². The molecule has 2 N–H and O–H groups in total. The Morgan fingerprint density at radius 2 is 1.91 bits per heavy atom. The van der Waals surface area contributed by atoms with Crippen LogP contribution in [0.5, 0.6) is 5.75 Å². The first kappa shape index (κ1) is 15.6. The largest absolute Gasteiger partial charge is 0.495 e. The molecule has 0 unspecified atom stereocenters. The van der Waals surface area contributed by atoms with E-state index in [2.05, 4.69) is 0 Å². The van der Waals surface area contributed by atoms with Crippen LogP contribution in [0.25, 0.3) is 21.9 Å². The van der Waals surface area contributed by atoms with Crippen LogP contribution in [-0.2, 0) is 6.42 Å². The highest BCUT2D eigenvalue weighted by atomic mass is 16.5. The SMILES string of the molecule is COc1c2ccoc2c(C[C@H](O)C(C)(C)O)c2oc(=O)ccc12. The number of aliphatic hydroxyl groups is 2. The highest BCUT2D eigenvalue weighted by Gasteiger charge is 2.28. The lowest BCUT2D eigenvalue weighted by molar-refractivity contribution is -0.0468. The third kappa shape index (κ3) is 2.60. The molecule has 1 atom stereocenters. The molecule has 6 nitrogen and oxygen atoms in total. The zero-order valence-corrected chi connectivity index (χ0v) is 13.1. The molecule has 0 aliphatic heterocycles. The molecule has 0 radical (unpaired) electrons. The Labute approximate surface area is 131 Å². The zero-order valence-electron chi connectivity index (χ0n) is 13.1. The minimum Gasteiger partial charge on any atom is -0.495 e. The van der Waals surface area contributed by atoms with Gasteiger partial charge in [-0.05, 0) is 26.0 Å². The number of furan rings is 1. The normalized spacial score (nSPS) is 13.6. The van der Waals surface area contributed by atoms with Crippen molar-refractivity contribution in [2.75, 3.05) is 7.11 Å². The Kier molecular flexibility index (Phi) is 3.66. The number of fused-ring (bicyclic) bond motifs is 2. The first-order valence-corrected chi connectivity index (χ1v) is 7.23. The van der Waals surface area contributed by atoms with Crippen LogP contribution < -0.4 is 10.4 Å². The van der Waals surface area contributed by atoms with Gasteiger partial charge in [-0.3, -0.25) is 0 Å². The lowest BCUT2D eigenvalue weighted by atomic mass is 9.93. The molecule has 1 aromatic carbocycles. The number of ether oxygens (including phenoxy) is 1. The van der Waals surface area contributed by atoms with Gasteiger partial charge in [-0.25, -0.2) is 4.79 Å². The van der Waals surface area contributed by atoms with Gasteiger partial charge in [0, 0.05) is 18.1 Å². The van der Waals surface area contributed by atoms with E-state index in [-0.39, 0.29) is 6.42 Å². The van der Waals surface area contributed by atoms with E-state index in [0.29, 0.717) is 33.3 Å². The highest BCUT2D eigenvalue weighted by Crippen LogP contribution is 2.39. The topological polar surface area (TPSA) is 93.0 Å². The van der Waals surface area contributed by atoms with Crippen molar-refractivity contribution < 1.29 is 23.8 Å². The Morgan fingerprint density at radius 1 is 1.22 bits per heavy atom. The summed E-state index contributed by atoms with van der Waals surface area (Å²) in [6.07, 6.45) is 0.517. The van der Waals surface area contributed by atoms with Crippen LogP contribution in [0.2, 0.25) is 0 Å². The second-order valence-electron chi connectivity index (χ2n) is 6.05. The van der Waals surface area contributed by atoms with Crippen molar-refractivity contribution in [3.63, 3.8) is 0 Å². The Bertz CT molecular complexity index is 912. The molecule has 23 heavy (non-hydrogen) atoms. The van der Waals surface area contributed by atoms with Gasteiger partial charge in [-0.15, -0.1) is 0 Å². The summed E-state index contributed by atoms with van der Waals surface area (Å²) in [5, 5.41) is 21.6. The van der Waals surface area contributed by atoms with Gasteiger partial charge < -0.3 is 23.8 Å². The predicted molar refractivity (Wildman–Crippen MR) is 84.8 cm³/mol. The van der Waals surface area contributed by atoms with Crippen molar-refractivity contribution >= 4 is 21.9 Å². The molecular weight excluding hydrogens is 300 g/mol. The number of benzene rings is 1. The summed E-state index contributed by atoms with van der Waals surface area (Å²) in [6, 6.07) is 4.68. The molecule has 3 rings (SSSR count). The quantitative estimate of drug-likeness (QED) is 0.717. The monoisotopic (exact) mass is 318 g/mol. The molecule has 0 spiro atoms. The van der Waals surface area contributed by atoms with Gasteiger partial charge in [0.15, 0.2) is 0 Å². The summed E-state index contributed by atoms with van der Waals surface area (Å²) in [5.74, 6) is 0.536. The molecule has 0 saturated carbocycles. The minimum absolute atomic E-state index is 0.0704. The number of hydrogen-bond donors (Lipinski definition) is 2. The lowest BCUT2D eigenvalue weighted by Crippen LogP contribution is -2.37. The van der Waals surface area contributed by atoms with Crippen LogP contribution in [0.4, 0.5) is 0 Å². The van der Waals surface area contributed by atoms with Crippen molar-refractivity contribution in [3.05, 3.63) is 40.4 Å². The molecule has 0 fully saturated rings. The van der Waals surface area contributed by atoms with Crippen molar-refractivity contribution in [2.24, 2.45) is 0 Å². The van der Waals surface area contributed by atoms with Crippen LogP contribution in [0.15, 0.2) is 38.1 Å². The van der Waals surface area contributed by atoms with E-state index in [1.165, 1.54) is 33.3 Å². The van der Waals surface area contributed by atoms with E-state index in [4.69, 9.17) is 13.6 Å². The van der Waals surface area contributed by atoms with E-state index < -0.39 is 17.3 Å². The van der Waals surface area contributed by atoms with Crippen LogP contribution in [-0.4, -0.2) is 29.0 Å². The van der Waals surface area contributed by atoms with Gasteiger partial charge in [-0.2, -0.15) is 0 Å². The Morgan fingerprint density at radius 3 is 2.57 bits per heavy atom. The van der Waals surface area contributed by atoms with Crippen LogP contribution in [0.3, 0.4) is 0 Å². The first-order valence-electron chi connectivity index (χ1n) is 7.23. The van der Waals surface area contributed by atoms with E-state index in [9.17, 15) is 15.0 Å². The van der Waals surface area contributed by atoms with Crippen LogP contribution in [0.1, 0.15) is 19.4 Å². The first-order chi connectivity index (χ1) is 10.8. The maximum Gasteiger partial charge on any atom is 0.336 e. The van der Waals surface area contributed by atoms with Gasteiger partial charge in [0.25, 0.3) is 0 Å². The fourth-order valence-corrected chi connectivity index (χ4v) is 2.64. The number of hydrogen-bond acceptors (Lipinski definition) is 6. The molecule has 0 aliphatic rings. The smallest absolute Gasteiger partial charge is 0.336 e.